The standard InChI is InChI=1S/C20H24N4O2S/c1-5-14(3)21-18(25)12-27-20-23-22-19(17-10-11-26-15(17)4)24(20)16-8-6-13(2)7-9-16/h6-11,14H,5,12H2,1-4H3,(H,21,25)/t14-/m1/s1. The van der Waals surface area contributed by atoms with Crippen LogP contribution in [0.3, 0.4) is 0 Å². The number of hydrogen-bond acceptors (Lipinski definition) is 5. The molecule has 0 fully saturated rings. The van der Waals surface area contributed by atoms with Crippen LogP contribution in [0, 0.1) is 13.8 Å². The van der Waals surface area contributed by atoms with Crippen molar-refractivity contribution in [2.75, 3.05) is 5.75 Å². The van der Waals surface area contributed by atoms with Gasteiger partial charge in [-0.2, -0.15) is 0 Å². The normalized spacial score (nSPS) is 12.1. The molecule has 0 spiro atoms. The summed E-state index contributed by atoms with van der Waals surface area (Å²) in [5.41, 5.74) is 3.01. The Kier molecular flexibility index (Phi) is 6.01. The Morgan fingerprint density at radius 3 is 2.59 bits per heavy atom. The van der Waals surface area contributed by atoms with Crippen molar-refractivity contribution in [3.05, 3.63) is 47.9 Å². The SMILES string of the molecule is CC[C@@H](C)NC(=O)CSc1nnc(-c2ccoc2C)n1-c1ccc(C)cc1. The van der Waals surface area contributed by atoms with E-state index in [0.717, 1.165) is 23.4 Å². The van der Waals surface area contributed by atoms with Crippen molar-refractivity contribution in [3.63, 3.8) is 0 Å². The maximum absolute atomic E-state index is 12.2. The number of benzene rings is 1. The van der Waals surface area contributed by atoms with E-state index in [1.165, 1.54) is 17.3 Å². The van der Waals surface area contributed by atoms with E-state index in [1.54, 1.807) is 6.26 Å². The van der Waals surface area contributed by atoms with Gasteiger partial charge < -0.3 is 9.73 Å². The van der Waals surface area contributed by atoms with Crippen LogP contribution in [0.5, 0.6) is 0 Å². The molecule has 0 unspecified atom stereocenters. The van der Waals surface area contributed by atoms with Crippen LogP contribution >= 0.6 is 11.8 Å². The smallest absolute Gasteiger partial charge is 0.230 e. The molecule has 27 heavy (non-hydrogen) atoms. The number of carbonyl (C=O) groups is 1. The fourth-order valence-corrected chi connectivity index (χ4v) is 3.39. The number of nitrogens with zero attached hydrogens (tertiary/aromatic N) is 3. The first kappa shape index (κ1) is 19.2. The molecular formula is C20H24N4O2S. The van der Waals surface area contributed by atoms with Crippen LogP contribution in [0.1, 0.15) is 31.6 Å². The molecule has 0 bridgehead atoms. The van der Waals surface area contributed by atoms with Crippen LogP contribution in [-0.2, 0) is 4.79 Å². The third-order valence-corrected chi connectivity index (χ3v) is 5.31. The molecule has 1 atom stereocenters. The third-order valence-electron chi connectivity index (χ3n) is 4.38. The first-order valence-electron chi connectivity index (χ1n) is 8.98. The number of thioether (sulfide) groups is 1. The minimum atomic E-state index is -0.00570. The molecular weight excluding hydrogens is 360 g/mol. The number of hydrogen-bond donors (Lipinski definition) is 1. The van der Waals surface area contributed by atoms with E-state index in [-0.39, 0.29) is 11.9 Å². The molecule has 0 aliphatic rings. The predicted octanol–water partition coefficient (Wildman–Crippen LogP) is 4.15. The summed E-state index contributed by atoms with van der Waals surface area (Å²) in [6.07, 6.45) is 2.55. The van der Waals surface area contributed by atoms with Crippen LogP contribution < -0.4 is 5.32 Å². The molecule has 0 aliphatic heterocycles. The molecule has 0 radical (unpaired) electrons. The summed E-state index contributed by atoms with van der Waals surface area (Å²) in [5.74, 6) is 1.77. The Hall–Kier alpha value is -2.54. The van der Waals surface area contributed by atoms with Crippen LogP contribution in [0.2, 0.25) is 0 Å². The number of aromatic nitrogens is 3. The van der Waals surface area contributed by atoms with Gasteiger partial charge in [0.1, 0.15) is 5.76 Å². The number of amides is 1. The van der Waals surface area contributed by atoms with Crippen molar-refractivity contribution in [2.45, 2.75) is 45.3 Å². The second kappa shape index (κ2) is 8.43. The maximum Gasteiger partial charge on any atom is 0.230 e. The zero-order valence-corrected chi connectivity index (χ0v) is 16.8. The van der Waals surface area contributed by atoms with E-state index in [9.17, 15) is 4.79 Å². The average Bonchev–Trinajstić information content (AvgIpc) is 3.26. The molecule has 3 aromatic rings. The number of nitrogens with one attached hydrogen (secondary N) is 1. The lowest BCUT2D eigenvalue weighted by atomic mass is 10.2. The first-order valence-corrected chi connectivity index (χ1v) is 9.97. The van der Waals surface area contributed by atoms with Crippen molar-refractivity contribution in [2.24, 2.45) is 0 Å². The summed E-state index contributed by atoms with van der Waals surface area (Å²) >= 11 is 1.38. The molecule has 6 nitrogen and oxygen atoms in total. The maximum atomic E-state index is 12.2. The Labute approximate surface area is 163 Å². The Balaban J connectivity index is 1.92. The van der Waals surface area contributed by atoms with E-state index in [4.69, 9.17) is 4.42 Å². The summed E-state index contributed by atoms with van der Waals surface area (Å²) in [6.45, 7) is 7.99. The Bertz CT molecular complexity index is 914. The first-order chi connectivity index (χ1) is 13.0. The van der Waals surface area contributed by atoms with Crippen molar-refractivity contribution in [3.8, 4) is 17.1 Å². The topological polar surface area (TPSA) is 73.0 Å². The van der Waals surface area contributed by atoms with Gasteiger partial charge in [-0.25, -0.2) is 0 Å². The van der Waals surface area contributed by atoms with E-state index < -0.39 is 0 Å². The number of rotatable bonds is 7. The van der Waals surface area contributed by atoms with Crippen molar-refractivity contribution in [1.82, 2.24) is 20.1 Å². The predicted molar refractivity (Wildman–Crippen MR) is 107 cm³/mol. The molecule has 0 aliphatic carbocycles. The number of carbonyl (C=O) groups excluding carboxylic acids is 1. The molecule has 7 heteroatoms. The third kappa shape index (κ3) is 4.42. The van der Waals surface area contributed by atoms with Gasteiger partial charge in [0.05, 0.1) is 17.6 Å². The fourth-order valence-electron chi connectivity index (χ4n) is 2.63. The molecule has 0 saturated carbocycles. The lowest BCUT2D eigenvalue weighted by Crippen LogP contribution is -2.33. The van der Waals surface area contributed by atoms with Crippen LogP contribution in [0.15, 0.2) is 46.2 Å². The molecule has 3 rings (SSSR count). The summed E-state index contributed by atoms with van der Waals surface area (Å²) in [7, 11) is 0. The van der Waals surface area contributed by atoms with Crippen LogP contribution in [0.25, 0.3) is 17.1 Å². The highest BCUT2D eigenvalue weighted by Crippen LogP contribution is 2.30. The van der Waals surface area contributed by atoms with Gasteiger partial charge in [-0.15, -0.1) is 10.2 Å². The lowest BCUT2D eigenvalue weighted by Gasteiger charge is -2.12. The van der Waals surface area contributed by atoms with Gasteiger partial charge in [-0.05, 0) is 45.4 Å². The molecule has 2 aromatic heterocycles. The summed E-state index contributed by atoms with van der Waals surface area (Å²) < 4.78 is 7.41. The number of furan rings is 1. The zero-order chi connectivity index (χ0) is 19.4. The van der Waals surface area contributed by atoms with E-state index in [1.807, 2.05) is 62.6 Å². The monoisotopic (exact) mass is 384 g/mol. The molecule has 1 N–H and O–H groups in total. The van der Waals surface area contributed by atoms with Crippen molar-refractivity contribution >= 4 is 17.7 Å². The molecule has 1 amide bonds. The summed E-state index contributed by atoms with van der Waals surface area (Å²) in [6, 6.07) is 10.2. The van der Waals surface area contributed by atoms with E-state index >= 15 is 0 Å². The Morgan fingerprint density at radius 1 is 1.22 bits per heavy atom. The van der Waals surface area contributed by atoms with Gasteiger partial charge in [-0.3, -0.25) is 9.36 Å². The van der Waals surface area contributed by atoms with Crippen molar-refractivity contribution < 1.29 is 9.21 Å². The molecule has 0 saturated heterocycles. The largest absolute Gasteiger partial charge is 0.469 e. The second-order valence-electron chi connectivity index (χ2n) is 6.53. The van der Waals surface area contributed by atoms with Gasteiger partial charge in [0.15, 0.2) is 11.0 Å². The number of aryl methyl sites for hydroxylation is 2. The zero-order valence-electron chi connectivity index (χ0n) is 16.0. The summed E-state index contributed by atoms with van der Waals surface area (Å²) in [5, 5.41) is 12.4. The minimum Gasteiger partial charge on any atom is -0.469 e. The molecule has 1 aromatic carbocycles. The molecule has 142 valence electrons. The van der Waals surface area contributed by atoms with Gasteiger partial charge >= 0.3 is 0 Å². The minimum absolute atomic E-state index is 0.00570. The highest BCUT2D eigenvalue weighted by Gasteiger charge is 2.19. The quantitative estimate of drug-likeness (QED) is 0.620. The van der Waals surface area contributed by atoms with E-state index in [2.05, 4.69) is 15.5 Å². The average molecular weight is 385 g/mol. The lowest BCUT2D eigenvalue weighted by molar-refractivity contribution is -0.119. The summed E-state index contributed by atoms with van der Waals surface area (Å²) in [4.78, 5) is 12.2. The van der Waals surface area contributed by atoms with Crippen LogP contribution in [-0.4, -0.2) is 32.5 Å². The van der Waals surface area contributed by atoms with Crippen LogP contribution in [0.4, 0.5) is 0 Å². The molecule has 2 heterocycles. The van der Waals surface area contributed by atoms with Gasteiger partial charge in [0.25, 0.3) is 0 Å². The Morgan fingerprint density at radius 2 is 1.96 bits per heavy atom. The highest BCUT2D eigenvalue weighted by atomic mass is 32.2. The van der Waals surface area contributed by atoms with Crippen molar-refractivity contribution in [1.29, 1.82) is 0 Å². The van der Waals surface area contributed by atoms with Gasteiger partial charge in [0, 0.05) is 11.7 Å². The second-order valence-corrected chi connectivity index (χ2v) is 7.48. The van der Waals surface area contributed by atoms with Gasteiger partial charge in [-0.1, -0.05) is 36.4 Å². The fraction of sp³-hybridized carbons (Fsp3) is 0.350. The van der Waals surface area contributed by atoms with E-state index in [0.29, 0.717) is 16.7 Å². The van der Waals surface area contributed by atoms with Gasteiger partial charge in [0.2, 0.25) is 5.91 Å². The highest BCUT2D eigenvalue weighted by molar-refractivity contribution is 7.99.